The molecule has 0 radical (unpaired) electrons. The number of aromatic amines is 1. The summed E-state index contributed by atoms with van der Waals surface area (Å²) in [7, 11) is -3.42. The van der Waals surface area contributed by atoms with Gasteiger partial charge in [-0.1, -0.05) is 0 Å². The summed E-state index contributed by atoms with van der Waals surface area (Å²) in [4.78, 5) is 13.3. The lowest BCUT2D eigenvalue weighted by Gasteiger charge is -2.01. The standard InChI is InChI=1S/C12H14N2O5S/c1-20(17,18)19-6-2-3-9-8-13-12-5-4-10(14(15)16)7-11(9)12/h4-5,7-8,13H,2-3,6H2,1H3. The summed E-state index contributed by atoms with van der Waals surface area (Å²) in [5.74, 6) is 0. The maximum absolute atomic E-state index is 10.8. The van der Waals surface area contributed by atoms with Crippen LogP contribution >= 0.6 is 0 Å². The average Bonchev–Trinajstić information content (AvgIpc) is 2.76. The highest BCUT2D eigenvalue weighted by molar-refractivity contribution is 7.85. The number of benzene rings is 1. The van der Waals surface area contributed by atoms with E-state index in [2.05, 4.69) is 9.17 Å². The van der Waals surface area contributed by atoms with E-state index in [0.717, 1.165) is 22.7 Å². The number of rotatable bonds is 6. The number of aryl methyl sites for hydroxylation is 1. The monoisotopic (exact) mass is 298 g/mol. The molecular formula is C12H14N2O5S. The maximum Gasteiger partial charge on any atom is 0.270 e. The zero-order chi connectivity index (χ0) is 14.8. The molecule has 1 aromatic heterocycles. The van der Waals surface area contributed by atoms with Crippen molar-refractivity contribution in [3.63, 3.8) is 0 Å². The molecule has 8 heteroatoms. The van der Waals surface area contributed by atoms with Crippen molar-refractivity contribution >= 4 is 26.7 Å². The minimum absolute atomic E-state index is 0.0331. The number of nitrogens with one attached hydrogen (secondary N) is 1. The molecule has 1 aromatic carbocycles. The minimum atomic E-state index is -3.42. The lowest BCUT2D eigenvalue weighted by Crippen LogP contribution is -2.04. The Labute approximate surface area is 115 Å². The van der Waals surface area contributed by atoms with Gasteiger partial charge in [-0.2, -0.15) is 8.42 Å². The molecule has 2 rings (SSSR count). The first-order valence-electron chi connectivity index (χ1n) is 5.95. The van der Waals surface area contributed by atoms with Crippen molar-refractivity contribution in [2.45, 2.75) is 12.8 Å². The van der Waals surface area contributed by atoms with Gasteiger partial charge in [0.1, 0.15) is 0 Å². The largest absolute Gasteiger partial charge is 0.361 e. The van der Waals surface area contributed by atoms with Crippen LogP contribution in [0.3, 0.4) is 0 Å². The Morgan fingerprint density at radius 2 is 2.15 bits per heavy atom. The highest BCUT2D eigenvalue weighted by Crippen LogP contribution is 2.24. The van der Waals surface area contributed by atoms with Crippen LogP contribution in [0.2, 0.25) is 0 Å². The molecule has 1 N–H and O–H groups in total. The average molecular weight is 298 g/mol. The Morgan fingerprint density at radius 1 is 1.40 bits per heavy atom. The summed E-state index contributed by atoms with van der Waals surface area (Å²) < 4.78 is 26.3. The Balaban J connectivity index is 2.10. The number of fused-ring (bicyclic) bond motifs is 1. The van der Waals surface area contributed by atoms with Gasteiger partial charge in [0.15, 0.2) is 0 Å². The second kappa shape index (κ2) is 5.59. The Bertz CT molecular complexity index is 735. The number of hydrogen-bond donors (Lipinski definition) is 1. The van der Waals surface area contributed by atoms with Crippen molar-refractivity contribution in [3.05, 3.63) is 40.1 Å². The van der Waals surface area contributed by atoms with E-state index >= 15 is 0 Å². The zero-order valence-electron chi connectivity index (χ0n) is 10.8. The van der Waals surface area contributed by atoms with Crippen molar-refractivity contribution in [3.8, 4) is 0 Å². The molecule has 0 amide bonds. The first kappa shape index (κ1) is 14.5. The normalized spacial score (nSPS) is 11.8. The fourth-order valence-corrected chi connectivity index (χ4v) is 2.38. The topological polar surface area (TPSA) is 102 Å². The van der Waals surface area contributed by atoms with E-state index in [0.29, 0.717) is 12.8 Å². The SMILES string of the molecule is CS(=O)(=O)OCCCc1c[nH]c2ccc([N+](=O)[O-])cc12. The van der Waals surface area contributed by atoms with E-state index in [-0.39, 0.29) is 12.3 Å². The van der Waals surface area contributed by atoms with E-state index in [4.69, 9.17) is 0 Å². The molecule has 1 heterocycles. The summed E-state index contributed by atoms with van der Waals surface area (Å²) in [6.07, 6.45) is 3.87. The van der Waals surface area contributed by atoms with E-state index in [9.17, 15) is 18.5 Å². The molecule has 20 heavy (non-hydrogen) atoms. The quantitative estimate of drug-likeness (QED) is 0.380. The van der Waals surface area contributed by atoms with Gasteiger partial charge in [0.25, 0.3) is 15.8 Å². The predicted molar refractivity (Wildman–Crippen MR) is 74.1 cm³/mol. The van der Waals surface area contributed by atoms with Gasteiger partial charge in [0.05, 0.1) is 17.8 Å². The minimum Gasteiger partial charge on any atom is -0.361 e. The van der Waals surface area contributed by atoms with Crippen LogP contribution < -0.4 is 0 Å². The fourth-order valence-electron chi connectivity index (χ4n) is 1.96. The van der Waals surface area contributed by atoms with E-state index < -0.39 is 15.0 Å². The molecule has 0 fully saturated rings. The molecule has 7 nitrogen and oxygen atoms in total. The maximum atomic E-state index is 10.8. The molecule has 0 saturated carbocycles. The van der Waals surface area contributed by atoms with Crippen molar-refractivity contribution in [2.75, 3.05) is 12.9 Å². The molecule has 2 aromatic rings. The van der Waals surface area contributed by atoms with Crippen LogP contribution in [0, 0.1) is 10.1 Å². The van der Waals surface area contributed by atoms with Crippen LogP contribution in [-0.2, 0) is 20.7 Å². The van der Waals surface area contributed by atoms with Gasteiger partial charge in [-0.3, -0.25) is 14.3 Å². The molecule has 0 aliphatic heterocycles. The van der Waals surface area contributed by atoms with Crippen molar-refractivity contribution in [1.29, 1.82) is 0 Å². The summed E-state index contributed by atoms with van der Waals surface area (Å²) in [6, 6.07) is 4.61. The molecule has 0 bridgehead atoms. The van der Waals surface area contributed by atoms with Crippen LogP contribution in [0.4, 0.5) is 5.69 Å². The number of nitro groups is 1. The second-order valence-corrected chi connectivity index (χ2v) is 6.07. The van der Waals surface area contributed by atoms with E-state index in [1.807, 2.05) is 0 Å². The molecular weight excluding hydrogens is 284 g/mol. The molecule has 0 unspecified atom stereocenters. The predicted octanol–water partition coefficient (Wildman–Crippen LogP) is 1.98. The van der Waals surface area contributed by atoms with Crippen LogP contribution in [-0.4, -0.2) is 31.2 Å². The molecule has 0 atom stereocenters. The van der Waals surface area contributed by atoms with Gasteiger partial charge in [-0.05, 0) is 24.5 Å². The Morgan fingerprint density at radius 3 is 2.80 bits per heavy atom. The number of hydrogen-bond acceptors (Lipinski definition) is 5. The van der Waals surface area contributed by atoms with Gasteiger partial charge in [0, 0.05) is 29.2 Å². The first-order valence-corrected chi connectivity index (χ1v) is 7.77. The molecule has 0 aliphatic carbocycles. The molecule has 108 valence electrons. The van der Waals surface area contributed by atoms with E-state index in [1.165, 1.54) is 12.1 Å². The van der Waals surface area contributed by atoms with Crippen LogP contribution in [0.15, 0.2) is 24.4 Å². The number of non-ortho nitro benzene ring substituents is 1. The van der Waals surface area contributed by atoms with Crippen LogP contribution in [0.1, 0.15) is 12.0 Å². The van der Waals surface area contributed by atoms with Crippen LogP contribution in [0.5, 0.6) is 0 Å². The van der Waals surface area contributed by atoms with E-state index in [1.54, 1.807) is 12.3 Å². The summed E-state index contributed by atoms with van der Waals surface area (Å²) in [5.41, 5.74) is 1.75. The van der Waals surface area contributed by atoms with Gasteiger partial charge < -0.3 is 4.98 Å². The van der Waals surface area contributed by atoms with Gasteiger partial charge in [0.2, 0.25) is 0 Å². The van der Waals surface area contributed by atoms with Crippen LogP contribution in [0.25, 0.3) is 10.9 Å². The highest BCUT2D eigenvalue weighted by Gasteiger charge is 2.10. The van der Waals surface area contributed by atoms with Gasteiger partial charge in [-0.15, -0.1) is 0 Å². The fraction of sp³-hybridized carbons (Fsp3) is 0.333. The first-order chi connectivity index (χ1) is 9.37. The third kappa shape index (κ3) is 3.55. The number of nitrogens with zero attached hydrogens (tertiary/aromatic N) is 1. The lowest BCUT2D eigenvalue weighted by molar-refractivity contribution is -0.384. The Kier molecular flexibility index (Phi) is 4.05. The van der Waals surface area contributed by atoms with Crippen molar-refractivity contribution in [1.82, 2.24) is 4.98 Å². The van der Waals surface area contributed by atoms with Gasteiger partial charge in [-0.25, -0.2) is 0 Å². The number of aromatic nitrogens is 1. The highest BCUT2D eigenvalue weighted by atomic mass is 32.2. The number of H-pyrrole nitrogens is 1. The molecule has 0 saturated heterocycles. The zero-order valence-corrected chi connectivity index (χ0v) is 11.6. The van der Waals surface area contributed by atoms with Gasteiger partial charge >= 0.3 is 0 Å². The second-order valence-electron chi connectivity index (χ2n) is 4.43. The molecule has 0 spiro atoms. The smallest absolute Gasteiger partial charge is 0.270 e. The van der Waals surface area contributed by atoms with Crippen molar-refractivity contribution < 1.29 is 17.5 Å². The Hall–Kier alpha value is -1.93. The van der Waals surface area contributed by atoms with Crippen molar-refractivity contribution in [2.24, 2.45) is 0 Å². The number of nitro benzene ring substituents is 1. The molecule has 0 aliphatic rings. The summed E-state index contributed by atoms with van der Waals surface area (Å²) >= 11 is 0. The summed E-state index contributed by atoms with van der Waals surface area (Å²) in [6.45, 7) is 0.0977. The lowest BCUT2D eigenvalue weighted by atomic mass is 10.1. The third-order valence-corrected chi connectivity index (χ3v) is 3.44. The summed E-state index contributed by atoms with van der Waals surface area (Å²) in [5, 5.41) is 11.5. The third-order valence-electron chi connectivity index (χ3n) is 2.85.